The Labute approximate surface area is 118 Å². The highest BCUT2D eigenvalue weighted by molar-refractivity contribution is 5.56. The first-order valence-corrected chi connectivity index (χ1v) is 6.38. The lowest BCUT2D eigenvalue weighted by Gasteiger charge is -2.26. The van der Waals surface area contributed by atoms with Gasteiger partial charge in [0.1, 0.15) is 5.75 Å². The van der Waals surface area contributed by atoms with E-state index in [0.717, 1.165) is 5.56 Å². The van der Waals surface area contributed by atoms with Gasteiger partial charge in [0.25, 0.3) is 0 Å². The van der Waals surface area contributed by atoms with E-state index in [1.165, 1.54) is 5.56 Å². The van der Waals surface area contributed by atoms with Crippen molar-refractivity contribution in [1.82, 2.24) is 0 Å². The summed E-state index contributed by atoms with van der Waals surface area (Å²) in [6.45, 7) is 4.29. The van der Waals surface area contributed by atoms with Crippen molar-refractivity contribution in [2.75, 3.05) is 7.11 Å². The van der Waals surface area contributed by atoms with Crippen LogP contribution in [0.4, 0.5) is 5.69 Å². The molecule has 4 heteroatoms. The highest BCUT2D eigenvalue weighted by atomic mass is 16.5. The summed E-state index contributed by atoms with van der Waals surface area (Å²) >= 11 is 0. The molecule has 20 heavy (non-hydrogen) atoms. The summed E-state index contributed by atoms with van der Waals surface area (Å²) in [4.78, 5) is 2.86. The average Bonchev–Trinajstić information content (AvgIpc) is 2.48. The number of benzene rings is 2. The average molecular weight is 267 g/mol. The molecule has 2 aromatic rings. The van der Waals surface area contributed by atoms with Crippen LogP contribution in [0.5, 0.6) is 5.75 Å². The Morgan fingerprint density at radius 2 is 1.75 bits per heavy atom. The molecule has 0 spiro atoms. The van der Waals surface area contributed by atoms with Crippen LogP contribution in [0.2, 0.25) is 0 Å². The number of nitrogens with zero attached hydrogens (tertiary/aromatic N) is 3. The molecule has 0 saturated carbocycles. The fraction of sp³-hybridized carbons (Fsp3) is 0.250. The summed E-state index contributed by atoms with van der Waals surface area (Å²) < 4.78 is 5.21. The zero-order valence-corrected chi connectivity index (χ0v) is 11.9. The van der Waals surface area contributed by atoms with E-state index < -0.39 is 0 Å². The van der Waals surface area contributed by atoms with Gasteiger partial charge in [-0.1, -0.05) is 55.4 Å². The highest BCUT2D eigenvalue weighted by Crippen LogP contribution is 2.37. The van der Waals surface area contributed by atoms with Crippen LogP contribution in [-0.2, 0) is 5.41 Å². The molecule has 0 aliphatic rings. The van der Waals surface area contributed by atoms with Crippen molar-refractivity contribution in [2.45, 2.75) is 19.3 Å². The normalized spacial score (nSPS) is 10.8. The molecule has 0 saturated heterocycles. The van der Waals surface area contributed by atoms with Crippen LogP contribution in [0, 0.1) is 0 Å². The van der Waals surface area contributed by atoms with Crippen LogP contribution < -0.4 is 4.74 Å². The first-order valence-electron chi connectivity index (χ1n) is 6.38. The minimum Gasteiger partial charge on any atom is -0.496 e. The van der Waals surface area contributed by atoms with Gasteiger partial charge < -0.3 is 4.74 Å². The molecule has 0 amide bonds. The molecule has 2 rings (SSSR count). The highest BCUT2D eigenvalue weighted by Gasteiger charge is 2.23. The molecule has 0 aliphatic heterocycles. The van der Waals surface area contributed by atoms with E-state index in [1.54, 1.807) is 7.11 Å². The van der Waals surface area contributed by atoms with E-state index in [-0.39, 0.29) is 5.41 Å². The third-order valence-electron chi connectivity index (χ3n) is 3.55. The van der Waals surface area contributed by atoms with Crippen molar-refractivity contribution in [2.24, 2.45) is 5.11 Å². The van der Waals surface area contributed by atoms with Gasteiger partial charge >= 0.3 is 0 Å². The maximum Gasteiger partial charge on any atom is 0.128 e. The molecule has 0 radical (unpaired) electrons. The zero-order chi connectivity index (χ0) is 14.6. The van der Waals surface area contributed by atoms with Gasteiger partial charge in [0, 0.05) is 10.3 Å². The molecule has 0 heterocycles. The summed E-state index contributed by atoms with van der Waals surface area (Å²) in [6, 6.07) is 16.0. The Kier molecular flexibility index (Phi) is 3.97. The van der Waals surface area contributed by atoms with Crippen molar-refractivity contribution >= 4 is 5.69 Å². The number of hydrogen-bond donors (Lipinski definition) is 0. The maximum absolute atomic E-state index is 8.65. The van der Waals surface area contributed by atoms with Gasteiger partial charge in [0.05, 0.1) is 12.8 Å². The predicted octanol–water partition coefficient (Wildman–Crippen LogP) is 4.96. The van der Waals surface area contributed by atoms with Crippen LogP contribution in [0.25, 0.3) is 10.4 Å². The molecule has 0 fully saturated rings. The molecule has 2 aromatic carbocycles. The SMILES string of the molecule is COc1ccc(C(C)(C)c2ccccc2)cc1N=[N+]=[N-]. The summed E-state index contributed by atoms with van der Waals surface area (Å²) in [5.41, 5.74) is 11.3. The Hall–Kier alpha value is -2.45. The van der Waals surface area contributed by atoms with Crippen molar-refractivity contribution in [3.63, 3.8) is 0 Å². The van der Waals surface area contributed by atoms with Crippen molar-refractivity contribution in [1.29, 1.82) is 0 Å². The Morgan fingerprint density at radius 3 is 2.35 bits per heavy atom. The predicted molar refractivity (Wildman–Crippen MR) is 80.4 cm³/mol. The Bertz CT molecular complexity index is 644. The monoisotopic (exact) mass is 267 g/mol. The lowest BCUT2D eigenvalue weighted by molar-refractivity contribution is 0.415. The summed E-state index contributed by atoms with van der Waals surface area (Å²) in [6.07, 6.45) is 0. The number of hydrogen-bond acceptors (Lipinski definition) is 2. The van der Waals surface area contributed by atoms with Gasteiger partial charge in [-0.25, -0.2) is 0 Å². The molecule has 0 aliphatic carbocycles. The number of rotatable bonds is 4. The van der Waals surface area contributed by atoms with Gasteiger partial charge in [-0.15, -0.1) is 0 Å². The van der Waals surface area contributed by atoms with Crippen molar-refractivity contribution < 1.29 is 4.74 Å². The Balaban J connectivity index is 2.52. The van der Waals surface area contributed by atoms with Gasteiger partial charge in [-0.2, -0.15) is 0 Å². The van der Waals surface area contributed by atoms with Crippen LogP contribution in [0.3, 0.4) is 0 Å². The topological polar surface area (TPSA) is 58.0 Å². The molecule has 4 nitrogen and oxygen atoms in total. The first-order chi connectivity index (χ1) is 9.59. The summed E-state index contributed by atoms with van der Waals surface area (Å²) in [5, 5.41) is 3.70. The van der Waals surface area contributed by atoms with Gasteiger partial charge in [0.15, 0.2) is 0 Å². The summed E-state index contributed by atoms with van der Waals surface area (Å²) in [7, 11) is 1.56. The largest absolute Gasteiger partial charge is 0.496 e. The fourth-order valence-corrected chi connectivity index (χ4v) is 2.23. The molecule has 0 aromatic heterocycles. The van der Waals surface area contributed by atoms with E-state index in [4.69, 9.17) is 10.3 Å². The van der Waals surface area contributed by atoms with Crippen LogP contribution in [0.15, 0.2) is 53.6 Å². The van der Waals surface area contributed by atoms with Crippen LogP contribution in [-0.4, -0.2) is 7.11 Å². The molecule has 0 atom stereocenters. The lowest BCUT2D eigenvalue weighted by atomic mass is 9.78. The fourth-order valence-electron chi connectivity index (χ4n) is 2.23. The third kappa shape index (κ3) is 2.60. The second-order valence-corrected chi connectivity index (χ2v) is 5.07. The molecular formula is C16H17N3O. The van der Waals surface area contributed by atoms with Crippen LogP contribution in [0.1, 0.15) is 25.0 Å². The third-order valence-corrected chi connectivity index (χ3v) is 3.55. The minimum absolute atomic E-state index is 0.173. The van der Waals surface area contributed by atoms with Gasteiger partial charge in [-0.05, 0) is 28.8 Å². The lowest BCUT2D eigenvalue weighted by Crippen LogP contribution is -2.18. The van der Waals surface area contributed by atoms with Gasteiger partial charge in [-0.3, -0.25) is 0 Å². The quantitative estimate of drug-likeness (QED) is 0.438. The Morgan fingerprint density at radius 1 is 1.05 bits per heavy atom. The molecule has 0 N–H and O–H groups in total. The van der Waals surface area contributed by atoms with E-state index in [0.29, 0.717) is 11.4 Å². The second kappa shape index (κ2) is 5.68. The second-order valence-electron chi connectivity index (χ2n) is 5.07. The molecule has 102 valence electrons. The number of ether oxygens (including phenoxy) is 1. The van der Waals surface area contributed by atoms with E-state index in [9.17, 15) is 0 Å². The standard InChI is InChI=1S/C16H17N3O/c1-16(2,12-7-5-4-6-8-12)13-9-10-15(20-3)14(11-13)18-19-17/h4-11H,1-3H3. The minimum atomic E-state index is -0.173. The number of methoxy groups -OCH3 is 1. The van der Waals surface area contributed by atoms with Crippen molar-refractivity contribution in [3.05, 3.63) is 70.1 Å². The summed E-state index contributed by atoms with van der Waals surface area (Å²) in [5.74, 6) is 0.579. The van der Waals surface area contributed by atoms with E-state index in [2.05, 4.69) is 36.0 Å². The zero-order valence-electron chi connectivity index (χ0n) is 11.9. The number of azide groups is 1. The molecule has 0 unspecified atom stereocenters. The van der Waals surface area contributed by atoms with E-state index >= 15 is 0 Å². The maximum atomic E-state index is 8.65. The molecular weight excluding hydrogens is 250 g/mol. The van der Waals surface area contributed by atoms with Crippen molar-refractivity contribution in [3.8, 4) is 5.75 Å². The molecule has 0 bridgehead atoms. The van der Waals surface area contributed by atoms with Gasteiger partial charge in [0.2, 0.25) is 0 Å². The van der Waals surface area contributed by atoms with Crippen LogP contribution >= 0.6 is 0 Å². The smallest absolute Gasteiger partial charge is 0.128 e. The van der Waals surface area contributed by atoms with E-state index in [1.807, 2.05) is 36.4 Å². The first kappa shape index (κ1) is 14.0.